The minimum atomic E-state index is -0.340. The summed E-state index contributed by atoms with van der Waals surface area (Å²) in [6.45, 7) is 4.10. The monoisotopic (exact) mass is 381 g/mol. The number of ether oxygens (including phenoxy) is 1. The average molecular weight is 381 g/mol. The Kier molecular flexibility index (Phi) is 5.88. The van der Waals surface area contributed by atoms with Crippen molar-refractivity contribution in [2.24, 2.45) is 0 Å². The largest absolute Gasteiger partial charge is 0.497 e. The van der Waals surface area contributed by atoms with Crippen LogP contribution in [-0.4, -0.2) is 39.1 Å². The van der Waals surface area contributed by atoms with Gasteiger partial charge in [-0.1, -0.05) is 12.1 Å². The van der Waals surface area contributed by atoms with Crippen molar-refractivity contribution in [2.75, 3.05) is 13.7 Å². The lowest BCUT2D eigenvalue weighted by molar-refractivity contribution is -0.121. The molecule has 0 saturated carbocycles. The quantitative estimate of drug-likeness (QED) is 0.668. The van der Waals surface area contributed by atoms with E-state index in [1.54, 1.807) is 17.9 Å². The van der Waals surface area contributed by atoms with Gasteiger partial charge in [-0.05, 0) is 50.1 Å². The van der Waals surface area contributed by atoms with Crippen LogP contribution in [0.5, 0.6) is 5.75 Å². The molecule has 0 unspecified atom stereocenters. The molecule has 28 heavy (non-hydrogen) atoms. The molecule has 0 aliphatic rings. The standard InChI is InChI=1S/C20H23N5O3/c1-14-11-15(2)25(22-14)18-7-8-20(27)24(23-18)13-19(26)21-10-9-16-5-4-6-17(12-16)28-3/h4-8,11-12H,9-10,13H2,1-3H3,(H,21,26). The van der Waals surface area contributed by atoms with E-state index in [0.717, 1.165) is 27.4 Å². The lowest BCUT2D eigenvalue weighted by Gasteiger charge is -2.09. The topological polar surface area (TPSA) is 91.0 Å². The van der Waals surface area contributed by atoms with Gasteiger partial charge in [0.15, 0.2) is 5.82 Å². The Morgan fingerprint density at radius 1 is 1.14 bits per heavy atom. The minimum Gasteiger partial charge on any atom is -0.497 e. The Balaban J connectivity index is 1.62. The number of hydrogen-bond donors (Lipinski definition) is 1. The molecule has 8 nitrogen and oxygen atoms in total. The molecular formula is C20H23N5O3. The van der Waals surface area contributed by atoms with Crippen molar-refractivity contribution in [2.45, 2.75) is 26.8 Å². The van der Waals surface area contributed by atoms with Gasteiger partial charge in [-0.3, -0.25) is 9.59 Å². The summed E-state index contributed by atoms with van der Waals surface area (Å²) in [6.07, 6.45) is 0.664. The predicted molar refractivity (Wildman–Crippen MR) is 105 cm³/mol. The highest BCUT2D eigenvalue weighted by molar-refractivity contribution is 5.75. The minimum absolute atomic E-state index is 0.149. The van der Waals surface area contributed by atoms with Crippen molar-refractivity contribution in [3.63, 3.8) is 0 Å². The molecule has 3 rings (SSSR count). The van der Waals surface area contributed by atoms with Crippen LogP contribution in [0, 0.1) is 13.8 Å². The molecular weight excluding hydrogens is 358 g/mol. The molecule has 0 radical (unpaired) electrons. The van der Waals surface area contributed by atoms with E-state index < -0.39 is 0 Å². The Morgan fingerprint density at radius 3 is 2.68 bits per heavy atom. The number of rotatable bonds is 7. The lowest BCUT2D eigenvalue weighted by atomic mass is 10.1. The highest BCUT2D eigenvalue weighted by Crippen LogP contribution is 2.12. The van der Waals surface area contributed by atoms with Gasteiger partial charge in [0.2, 0.25) is 5.91 Å². The van der Waals surface area contributed by atoms with Crippen molar-refractivity contribution in [3.8, 4) is 11.6 Å². The summed E-state index contributed by atoms with van der Waals surface area (Å²) in [6, 6.07) is 12.6. The maximum atomic E-state index is 12.2. The molecule has 1 amide bonds. The van der Waals surface area contributed by atoms with E-state index in [0.29, 0.717) is 18.8 Å². The molecule has 2 heterocycles. The van der Waals surface area contributed by atoms with Crippen LogP contribution in [0.3, 0.4) is 0 Å². The molecule has 0 bridgehead atoms. The van der Waals surface area contributed by atoms with Crippen LogP contribution < -0.4 is 15.6 Å². The second-order valence-corrected chi connectivity index (χ2v) is 6.48. The van der Waals surface area contributed by atoms with E-state index in [2.05, 4.69) is 15.5 Å². The number of nitrogens with one attached hydrogen (secondary N) is 1. The molecule has 0 aliphatic heterocycles. The predicted octanol–water partition coefficient (Wildman–Crippen LogP) is 1.41. The molecule has 0 saturated heterocycles. The normalized spacial score (nSPS) is 10.7. The smallest absolute Gasteiger partial charge is 0.267 e. The summed E-state index contributed by atoms with van der Waals surface area (Å²) in [5.41, 5.74) is 2.47. The van der Waals surface area contributed by atoms with Crippen LogP contribution in [0.25, 0.3) is 5.82 Å². The molecule has 8 heteroatoms. The Bertz CT molecular complexity index is 1040. The first-order chi connectivity index (χ1) is 13.5. The molecule has 146 valence electrons. The van der Waals surface area contributed by atoms with Gasteiger partial charge in [0.05, 0.1) is 12.8 Å². The van der Waals surface area contributed by atoms with Crippen LogP contribution in [0.4, 0.5) is 0 Å². The third-order valence-electron chi connectivity index (χ3n) is 4.24. The van der Waals surface area contributed by atoms with Crippen LogP contribution in [0.15, 0.2) is 47.3 Å². The van der Waals surface area contributed by atoms with Crippen molar-refractivity contribution >= 4 is 5.91 Å². The van der Waals surface area contributed by atoms with E-state index in [1.165, 1.54) is 6.07 Å². The maximum Gasteiger partial charge on any atom is 0.267 e. The fourth-order valence-electron chi connectivity index (χ4n) is 2.89. The average Bonchev–Trinajstić information content (AvgIpc) is 3.02. The second-order valence-electron chi connectivity index (χ2n) is 6.48. The zero-order chi connectivity index (χ0) is 20.1. The van der Waals surface area contributed by atoms with E-state index in [-0.39, 0.29) is 18.0 Å². The summed E-state index contributed by atoms with van der Waals surface area (Å²) in [7, 11) is 1.62. The number of carbonyl (C=O) groups excluding carboxylic acids is 1. The molecule has 0 spiro atoms. The number of benzene rings is 1. The van der Waals surface area contributed by atoms with Gasteiger partial charge in [0.25, 0.3) is 5.56 Å². The summed E-state index contributed by atoms with van der Waals surface area (Å²) < 4.78 is 7.98. The van der Waals surface area contributed by atoms with Gasteiger partial charge in [-0.15, -0.1) is 5.10 Å². The number of aryl methyl sites for hydroxylation is 2. The number of methoxy groups -OCH3 is 1. The second kappa shape index (κ2) is 8.51. The Morgan fingerprint density at radius 2 is 1.96 bits per heavy atom. The van der Waals surface area contributed by atoms with Crippen LogP contribution in [0.2, 0.25) is 0 Å². The van der Waals surface area contributed by atoms with Gasteiger partial charge < -0.3 is 10.1 Å². The van der Waals surface area contributed by atoms with Crippen LogP contribution >= 0.6 is 0 Å². The molecule has 0 aliphatic carbocycles. The van der Waals surface area contributed by atoms with Gasteiger partial charge in [0.1, 0.15) is 12.3 Å². The van der Waals surface area contributed by atoms with E-state index in [9.17, 15) is 9.59 Å². The van der Waals surface area contributed by atoms with Gasteiger partial charge in [-0.25, -0.2) is 9.36 Å². The summed E-state index contributed by atoms with van der Waals surface area (Å²) in [4.78, 5) is 24.3. The zero-order valence-electron chi connectivity index (χ0n) is 16.2. The fraction of sp³-hybridized carbons (Fsp3) is 0.300. The summed E-state index contributed by atoms with van der Waals surface area (Å²) >= 11 is 0. The SMILES string of the molecule is COc1cccc(CCNC(=O)Cn2nc(-n3nc(C)cc3C)ccc2=O)c1. The number of amides is 1. The Labute approximate surface area is 162 Å². The van der Waals surface area contributed by atoms with Gasteiger partial charge in [0, 0.05) is 18.3 Å². The first kappa shape index (κ1) is 19.3. The Hall–Kier alpha value is -3.42. The highest BCUT2D eigenvalue weighted by atomic mass is 16.5. The van der Waals surface area contributed by atoms with Crippen molar-refractivity contribution in [1.29, 1.82) is 0 Å². The molecule has 0 atom stereocenters. The number of carbonyl (C=O) groups is 1. The first-order valence-electron chi connectivity index (χ1n) is 8.97. The number of hydrogen-bond acceptors (Lipinski definition) is 5. The van der Waals surface area contributed by atoms with Gasteiger partial charge in [-0.2, -0.15) is 5.10 Å². The van der Waals surface area contributed by atoms with Gasteiger partial charge >= 0.3 is 0 Å². The molecule has 2 aromatic heterocycles. The summed E-state index contributed by atoms with van der Waals surface area (Å²) in [5.74, 6) is 0.998. The molecule has 1 aromatic carbocycles. The van der Waals surface area contributed by atoms with Crippen molar-refractivity contribution in [1.82, 2.24) is 24.9 Å². The number of nitrogens with zero attached hydrogens (tertiary/aromatic N) is 4. The van der Waals surface area contributed by atoms with Crippen LogP contribution in [0.1, 0.15) is 17.0 Å². The fourth-order valence-corrected chi connectivity index (χ4v) is 2.89. The zero-order valence-corrected chi connectivity index (χ0v) is 16.2. The van der Waals surface area contributed by atoms with Crippen molar-refractivity contribution < 1.29 is 9.53 Å². The molecule has 1 N–H and O–H groups in total. The maximum absolute atomic E-state index is 12.2. The van der Waals surface area contributed by atoms with Crippen LogP contribution in [-0.2, 0) is 17.8 Å². The van der Waals surface area contributed by atoms with E-state index >= 15 is 0 Å². The number of aromatic nitrogens is 4. The highest BCUT2D eigenvalue weighted by Gasteiger charge is 2.10. The van der Waals surface area contributed by atoms with E-state index in [4.69, 9.17) is 4.74 Å². The lowest BCUT2D eigenvalue weighted by Crippen LogP contribution is -2.34. The molecule has 0 fully saturated rings. The van der Waals surface area contributed by atoms with E-state index in [1.807, 2.05) is 44.2 Å². The first-order valence-corrected chi connectivity index (χ1v) is 8.97. The van der Waals surface area contributed by atoms with Crippen molar-refractivity contribution in [3.05, 3.63) is 69.8 Å². The third-order valence-corrected chi connectivity index (χ3v) is 4.24. The third kappa shape index (κ3) is 4.64. The summed E-state index contributed by atoms with van der Waals surface area (Å²) in [5, 5.41) is 11.4. The molecule has 3 aromatic rings.